The van der Waals surface area contributed by atoms with Gasteiger partial charge in [0, 0.05) is 10.9 Å². The van der Waals surface area contributed by atoms with Gasteiger partial charge in [0.1, 0.15) is 17.0 Å². The molecule has 0 saturated carbocycles. The van der Waals surface area contributed by atoms with Crippen molar-refractivity contribution in [1.29, 1.82) is 0 Å². The van der Waals surface area contributed by atoms with Crippen LogP contribution in [0.15, 0.2) is 18.2 Å². The van der Waals surface area contributed by atoms with E-state index < -0.39 is 5.97 Å². The molecule has 0 aliphatic heterocycles. The predicted molar refractivity (Wildman–Crippen MR) is 56.8 cm³/mol. The highest BCUT2D eigenvalue weighted by atomic mass is 16.4. The van der Waals surface area contributed by atoms with Gasteiger partial charge in [-0.25, -0.2) is 9.78 Å². The molecular weight excluding hydrogens is 210 g/mol. The van der Waals surface area contributed by atoms with Crippen molar-refractivity contribution in [1.82, 2.24) is 4.98 Å². The number of nitrogens with zero attached hydrogens (tertiary/aromatic N) is 1. The highest BCUT2D eigenvalue weighted by Gasteiger charge is 2.17. The molecule has 5 heteroatoms. The molecule has 16 heavy (non-hydrogen) atoms. The van der Waals surface area contributed by atoms with Crippen LogP contribution in [0.25, 0.3) is 10.9 Å². The Hall–Kier alpha value is -2.30. The number of phenolic OH excluding ortho intramolecular Hbond substituents is 1. The average molecular weight is 219 g/mol. The van der Waals surface area contributed by atoms with Crippen molar-refractivity contribution in [2.45, 2.75) is 6.92 Å². The van der Waals surface area contributed by atoms with E-state index in [1.807, 2.05) is 0 Å². The van der Waals surface area contributed by atoms with Crippen LogP contribution in [0.2, 0.25) is 0 Å². The zero-order valence-corrected chi connectivity index (χ0v) is 8.43. The zero-order valence-electron chi connectivity index (χ0n) is 8.43. The Morgan fingerprint density at radius 2 is 2.00 bits per heavy atom. The molecule has 1 heterocycles. The number of pyridine rings is 1. The molecule has 82 valence electrons. The molecule has 0 atom stereocenters. The van der Waals surface area contributed by atoms with E-state index in [9.17, 15) is 15.0 Å². The zero-order chi connectivity index (χ0) is 11.9. The maximum Gasteiger partial charge on any atom is 0.354 e. The van der Waals surface area contributed by atoms with Gasteiger partial charge in [-0.05, 0) is 19.1 Å². The number of aromatic carboxylic acids is 1. The third kappa shape index (κ3) is 1.33. The van der Waals surface area contributed by atoms with Gasteiger partial charge in [0.15, 0.2) is 5.69 Å². The molecular formula is C11H9NO4. The number of phenols is 1. The number of benzene rings is 1. The fourth-order valence-corrected chi connectivity index (χ4v) is 1.56. The number of fused-ring (bicyclic) bond motifs is 1. The molecule has 0 spiro atoms. The second-order valence-corrected chi connectivity index (χ2v) is 3.41. The van der Waals surface area contributed by atoms with E-state index >= 15 is 0 Å². The molecule has 3 N–H and O–H groups in total. The normalized spacial score (nSPS) is 10.6. The van der Waals surface area contributed by atoms with E-state index in [0.29, 0.717) is 5.39 Å². The quantitative estimate of drug-likeness (QED) is 0.678. The minimum absolute atomic E-state index is 0.0861. The molecule has 0 fully saturated rings. The van der Waals surface area contributed by atoms with Crippen LogP contribution in [0, 0.1) is 6.92 Å². The number of aromatic nitrogens is 1. The Morgan fingerprint density at radius 1 is 1.31 bits per heavy atom. The van der Waals surface area contributed by atoms with Crippen LogP contribution >= 0.6 is 0 Å². The maximum absolute atomic E-state index is 10.9. The van der Waals surface area contributed by atoms with Crippen LogP contribution in [0.1, 0.15) is 16.1 Å². The number of hydrogen-bond donors (Lipinski definition) is 3. The number of para-hydroxylation sites is 1. The van der Waals surface area contributed by atoms with Gasteiger partial charge >= 0.3 is 5.97 Å². The van der Waals surface area contributed by atoms with Gasteiger partial charge in [-0.1, -0.05) is 6.07 Å². The minimum atomic E-state index is -1.24. The van der Waals surface area contributed by atoms with Crippen molar-refractivity contribution in [3.8, 4) is 11.5 Å². The Labute approximate surface area is 90.6 Å². The molecule has 0 aliphatic rings. The molecule has 0 aliphatic carbocycles. The molecule has 2 aromatic rings. The summed E-state index contributed by atoms with van der Waals surface area (Å²) in [5.41, 5.74) is 0.0140. The molecule has 1 aromatic heterocycles. The van der Waals surface area contributed by atoms with E-state index in [-0.39, 0.29) is 28.3 Å². The fraction of sp³-hybridized carbons (Fsp3) is 0.0909. The van der Waals surface area contributed by atoms with Crippen molar-refractivity contribution in [2.24, 2.45) is 0 Å². The monoisotopic (exact) mass is 219 g/mol. The largest absolute Gasteiger partial charge is 0.507 e. The highest BCUT2D eigenvalue weighted by Crippen LogP contribution is 2.33. The topological polar surface area (TPSA) is 90.7 Å². The van der Waals surface area contributed by atoms with Gasteiger partial charge in [-0.15, -0.1) is 0 Å². The summed E-state index contributed by atoms with van der Waals surface area (Å²) in [5.74, 6) is -1.56. The summed E-state index contributed by atoms with van der Waals surface area (Å²) in [7, 11) is 0. The lowest BCUT2D eigenvalue weighted by Crippen LogP contribution is -2.04. The summed E-state index contributed by atoms with van der Waals surface area (Å²) in [5, 5.41) is 28.5. The third-order valence-electron chi connectivity index (χ3n) is 2.41. The SMILES string of the molecule is Cc1c(C(=O)O)nc2c(O)cccc2c1O. The summed E-state index contributed by atoms with van der Waals surface area (Å²) in [6.45, 7) is 1.47. The summed E-state index contributed by atoms with van der Waals surface area (Å²) < 4.78 is 0. The van der Waals surface area contributed by atoms with Crippen LogP contribution in [0.4, 0.5) is 0 Å². The van der Waals surface area contributed by atoms with Crippen LogP contribution in [0.5, 0.6) is 11.5 Å². The van der Waals surface area contributed by atoms with Crippen molar-refractivity contribution < 1.29 is 20.1 Å². The maximum atomic E-state index is 10.9. The number of hydrogen-bond acceptors (Lipinski definition) is 4. The number of carbonyl (C=O) groups is 1. The van der Waals surface area contributed by atoms with Gasteiger partial charge in [-0.2, -0.15) is 0 Å². The first-order valence-electron chi connectivity index (χ1n) is 4.57. The Kier molecular flexibility index (Phi) is 2.16. The highest BCUT2D eigenvalue weighted by molar-refractivity contribution is 5.97. The molecule has 0 saturated heterocycles. The number of aromatic hydroxyl groups is 2. The van der Waals surface area contributed by atoms with E-state index in [2.05, 4.69) is 4.98 Å². The van der Waals surface area contributed by atoms with Gasteiger partial charge in [-0.3, -0.25) is 0 Å². The Morgan fingerprint density at radius 3 is 2.62 bits per heavy atom. The summed E-state index contributed by atoms with van der Waals surface area (Å²) in [6.07, 6.45) is 0. The third-order valence-corrected chi connectivity index (χ3v) is 2.41. The van der Waals surface area contributed by atoms with Gasteiger partial charge in [0.25, 0.3) is 0 Å². The van der Waals surface area contributed by atoms with E-state index in [1.54, 1.807) is 12.1 Å². The lowest BCUT2D eigenvalue weighted by atomic mass is 10.1. The van der Waals surface area contributed by atoms with Crippen molar-refractivity contribution >= 4 is 16.9 Å². The molecule has 0 bridgehead atoms. The Bertz CT molecular complexity index is 592. The second kappa shape index (κ2) is 3.37. The standard InChI is InChI=1S/C11H9NO4/c1-5-8(11(15)16)12-9-6(10(5)14)3-2-4-7(9)13/h2-4,13H,1H3,(H,12,14)(H,15,16). The minimum Gasteiger partial charge on any atom is -0.507 e. The molecule has 1 aromatic carbocycles. The van der Waals surface area contributed by atoms with Gasteiger partial charge < -0.3 is 15.3 Å². The summed E-state index contributed by atoms with van der Waals surface area (Å²) in [6, 6.07) is 4.50. The number of rotatable bonds is 1. The van der Waals surface area contributed by atoms with Crippen molar-refractivity contribution in [3.05, 3.63) is 29.5 Å². The average Bonchev–Trinajstić information content (AvgIpc) is 2.23. The summed E-state index contributed by atoms with van der Waals surface area (Å²) >= 11 is 0. The smallest absolute Gasteiger partial charge is 0.354 e. The van der Waals surface area contributed by atoms with Crippen LogP contribution < -0.4 is 0 Å². The molecule has 5 nitrogen and oxygen atoms in total. The first-order valence-corrected chi connectivity index (χ1v) is 4.57. The molecule has 0 radical (unpaired) electrons. The second-order valence-electron chi connectivity index (χ2n) is 3.41. The lowest BCUT2D eigenvalue weighted by Gasteiger charge is -2.07. The number of carboxylic acids is 1. The van der Waals surface area contributed by atoms with E-state index in [0.717, 1.165) is 0 Å². The van der Waals surface area contributed by atoms with Crippen molar-refractivity contribution in [2.75, 3.05) is 0 Å². The lowest BCUT2D eigenvalue weighted by molar-refractivity contribution is 0.0689. The van der Waals surface area contributed by atoms with Gasteiger partial charge in [0.05, 0.1) is 0 Å². The van der Waals surface area contributed by atoms with Gasteiger partial charge in [0.2, 0.25) is 0 Å². The van der Waals surface area contributed by atoms with E-state index in [4.69, 9.17) is 5.11 Å². The first kappa shape index (κ1) is 10.2. The van der Waals surface area contributed by atoms with Crippen LogP contribution in [-0.4, -0.2) is 26.3 Å². The first-order chi connectivity index (χ1) is 7.52. The predicted octanol–water partition coefficient (Wildman–Crippen LogP) is 1.65. The van der Waals surface area contributed by atoms with Crippen molar-refractivity contribution in [3.63, 3.8) is 0 Å². The summed E-state index contributed by atoms with van der Waals surface area (Å²) in [4.78, 5) is 14.7. The number of carboxylic acid groups (broad SMARTS) is 1. The van der Waals surface area contributed by atoms with E-state index in [1.165, 1.54) is 13.0 Å². The molecule has 0 amide bonds. The molecule has 0 unspecified atom stereocenters. The van der Waals surface area contributed by atoms with Crippen LogP contribution in [-0.2, 0) is 0 Å². The Balaban J connectivity index is 2.94. The molecule has 2 rings (SSSR count). The van der Waals surface area contributed by atoms with Crippen LogP contribution in [0.3, 0.4) is 0 Å². The fourth-order valence-electron chi connectivity index (χ4n) is 1.56.